The summed E-state index contributed by atoms with van der Waals surface area (Å²) in [5.74, 6) is 0.258. The van der Waals surface area contributed by atoms with E-state index in [1.165, 1.54) is 11.8 Å². The molecule has 4 aromatic rings. The zero-order chi connectivity index (χ0) is 21.1. The third kappa shape index (κ3) is 4.23. The number of aromatic nitrogens is 1. The molecule has 1 N–H and O–H groups in total. The van der Waals surface area contributed by atoms with Crippen LogP contribution in [0.2, 0.25) is 0 Å². The standard InChI is InChI=1S/C24H19N3O2S/c1-15-11-18(12-16(2)23(15)28)26-27-22-14-17(13-21-20(22)9-6-10-25-21)24(29)30-19-7-4-3-5-8-19/h3-14,28H,1-2H3/b27-26+. The molecule has 0 atom stereocenters. The lowest BCUT2D eigenvalue weighted by Crippen LogP contribution is -1.94. The number of thioether (sulfide) groups is 1. The maximum absolute atomic E-state index is 12.8. The number of nitrogens with zero attached hydrogens (tertiary/aromatic N) is 3. The van der Waals surface area contributed by atoms with Crippen LogP contribution in [0.1, 0.15) is 21.5 Å². The topological polar surface area (TPSA) is 74.9 Å². The number of pyridine rings is 1. The van der Waals surface area contributed by atoms with E-state index >= 15 is 0 Å². The molecule has 30 heavy (non-hydrogen) atoms. The molecule has 0 radical (unpaired) electrons. The number of aromatic hydroxyl groups is 1. The average molecular weight is 414 g/mol. The predicted octanol–water partition coefficient (Wildman–Crippen LogP) is 6.91. The van der Waals surface area contributed by atoms with Gasteiger partial charge in [0.15, 0.2) is 0 Å². The van der Waals surface area contributed by atoms with Gasteiger partial charge in [0.2, 0.25) is 5.12 Å². The number of benzene rings is 3. The van der Waals surface area contributed by atoms with Gasteiger partial charge in [-0.1, -0.05) is 18.2 Å². The maximum atomic E-state index is 12.8. The lowest BCUT2D eigenvalue weighted by molar-refractivity contribution is 0.108. The molecule has 1 heterocycles. The van der Waals surface area contributed by atoms with Gasteiger partial charge in [0.05, 0.1) is 16.9 Å². The molecule has 5 nitrogen and oxygen atoms in total. The Hall–Kier alpha value is -3.51. The van der Waals surface area contributed by atoms with Crippen molar-refractivity contribution in [1.82, 2.24) is 4.98 Å². The summed E-state index contributed by atoms with van der Waals surface area (Å²) in [5.41, 5.74) is 3.87. The summed E-state index contributed by atoms with van der Waals surface area (Å²) in [5, 5.41) is 19.4. The number of aryl methyl sites for hydroxylation is 2. The van der Waals surface area contributed by atoms with Gasteiger partial charge < -0.3 is 5.11 Å². The van der Waals surface area contributed by atoms with Crippen LogP contribution in [0, 0.1) is 13.8 Å². The monoisotopic (exact) mass is 413 g/mol. The molecule has 1 aromatic heterocycles. The Morgan fingerprint density at radius 1 is 0.933 bits per heavy atom. The summed E-state index contributed by atoms with van der Waals surface area (Å²) in [7, 11) is 0. The average Bonchev–Trinajstić information content (AvgIpc) is 2.76. The second-order valence-electron chi connectivity index (χ2n) is 6.90. The first-order valence-electron chi connectivity index (χ1n) is 9.39. The highest BCUT2D eigenvalue weighted by molar-refractivity contribution is 8.14. The van der Waals surface area contributed by atoms with Gasteiger partial charge >= 0.3 is 0 Å². The minimum absolute atomic E-state index is 0.0819. The first kappa shape index (κ1) is 19.8. The van der Waals surface area contributed by atoms with Crippen LogP contribution in [0.25, 0.3) is 10.9 Å². The van der Waals surface area contributed by atoms with Gasteiger partial charge in [-0.3, -0.25) is 9.78 Å². The molecule has 0 spiro atoms. The second-order valence-corrected chi connectivity index (χ2v) is 7.94. The van der Waals surface area contributed by atoms with Crippen molar-refractivity contribution in [3.63, 3.8) is 0 Å². The lowest BCUT2D eigenvalue weighted by Gasteiger charge is -2.06. The number of carbonyl (C=O) groups is 1. The molecular formula is C24H19N3O2S. The summed E-state index contributed by atoms with van der Waals surface area (Å²) < 4.78 is 0. The predicted molar refractivity (Wildman–Crippen MR) is 120 cm³/mol. The molecule has 3 aromatic carbocycles. The van der Waals surface area contributed by atoms with Crippen LogP contribution < -0.4 is 0 Å². The third-order valence-corrected chi connectivity index (χ3v) is 5.57. The zero-order valence-corrected chi connectivity index (χ0v) is 17.4. The van der Waals surface area contributed by atoms with Crippen LogP contribution in [0.15, 0.2) is 88.1 Å². The van der Waals surface area contributed by atoms with Gasteiger partial charge in [-0.15, -0.1) is 5.11 Å². The van der Waals surface area contributed by atoms with Gasteiger partial charge in [0, 0.05) is 22.0 Å². The molecular weight excluding hydrogens is 394 g/mol. The van der Waals surface area contributed by atoms with Gasteiger partial charge in [-0.25, -0.2) is 0 Å². The zero-order valence-electron chi connectivity index (χ0n) is 16.5. The fourth-order valence-corrected chi connectivity index (χ4v) is 3.86. The van der Waals surface area contributed by atoms with E-state index < -0.39 is 0 Å². The molecule has 0 bridgehead atoms. The molecule has 0 aliphatic rings. The Morgan fingerprint density at radius 3 is 2.40 bits per heavy atom. The van der Waals surface area contributed by atoms with E-state index in [4.69, 9.17) is 0 Å². The Kier molecular flexibility index (Phi) is 5.59. The molecule has 0 saturated heterocycles. The van der Waals surface area contributed by atoms with Gasteiger partial charge in [0.1, 0.15) is 5.75 Å². The Balaban J connectivity index is 1.73. The molecule has 0 aliphatic heterocycles. The van der Waals surface area contributed by atoms with Crippen molar-refractivity contribution < 1.29 is 9.90 Å². The molecule has 6 heteroatoms. The highest BCUT2D eigenvalue weighted by Crippen LogP contribution is 2.33. The Morgan fingerprint density at radius 2 is 1.67 bits per heavy atom. The van der Waals surface area contributed by atoms with Crippen LogP contribution in [0.4, 0.5) is 11.4 Å². The van der Waals surface area contributed by atoms with E-state index in [1.54, 1.807) is 30.5 Å². The van der Waals surface area contributed by atoms with E-state index in [0.29, 0.717) is 22.5 Å². The summed E-state index contributed by atoms with van der Waals surface area (Å²) in [6, 6.07) is 20.3. The van der Waals surface area contributed by atoms with Crippen LogP contribution in [-0.4, -0.2) is 15.2 Å². The highest BCUT2D eigenvalue weighted by atomic mass is 32.2. The SMILES string of the molecule is Cc1cc(/N=N/c2cc(C(=O)Sc3ccccc3)cc3ncccc23)cc(C)c1O. The molecule has 4 rings (SSSR count). The van der Waals surface area contributed by atoms with Crippen molar-refractivity contribution in [2.45, 2.75) is 18.7 Å². The highest BCUT2D eigenvalue weighted by Gasteiger charge is 2.13. The van der Waals surface area contributed by atoms with E-state index in [1.807, 2.05) is 56.3 Å². The summed E-state index contributed by atoms with van der Waals surface area (Å²) >= 11 is 1.17. The van der Waals surface area contributed by atoms with Crippen molar-refractivity contribution in [3.05, 3.63) is 89.6 Å². The van der Waals surface area contributed by atoms with Crippen LogP contribution in [0.3, 0.4) is 0 Å². The summed E-state index contributed by atoms with van der Waals surface area (Å²) in [4.78, 5) is 18.1. The maximum Gasteiger partial charge on any atom is 0.224 e. The van der Waals surface area contributed by atoms with Gasteiger partial charge in [-0.05, 0) is 85.3 Å². The van der Waals surface area contributed by atoms with Crippen molar-refractivity contribution in [2.24, 2.45) is 10.2 Å². The Bertz CT molecular complexity index is 1250. The van der Waals surface area contributed by atoms with Gasteiger partial charge in [-0.2, -0.15) is 5.11 Å². The molecule has 0 aliphatic carbocycles. The number of azo groups is 1. The Labute approximate surface area is 178 Å². The van der Waals surface area contributed by atoms with Crippen molar-refractivity contribution in [2.75, 3.05) is 0 Å². The second kappa shape index (κ2) is 8.47. The molecule has 0 fully saturated rings. The number of carbonyl (C=O) groups excluding carboxylic acids is 1. The van der Waals surface area contributed by atoms with Gasteiger partial charge in [0.25, 0.3) is 0 Å². The first-order valence-corrected chi connectivity index (χ1v) is 10.2. The number of hydrogen-bond acceptors (Lipinski definition) is 6. The molecule has 0 unspecified atom stereocenters. The quantitative estimate of drug-likeness (QED) is 0.291. The van der Waals surface area contributed by atoms with Crippen LogP contribution in [0.5, 0.6) is 5.75 Å². The van der Waals surface area contributed by atoms with Crippen molar-refractivity contribution in [1.29, 1.82) is 0 Å². The van der Waals surface area contributed by atoms with Crippen molar-refractivity contribution >= 4 is 39.2 Å². The van der Waals surface area contributed by atoms with Crippen molar-refractivity contribution in [3.8, 4) is 5.75 Å². The number of fused-ring (bicyclic) bond motifs is 1. The van der Waals surface area contributed by atoms with E-state index in [-0.39, 0.29) is 10.9 Å². The molecule has 148 valence electrons. The minimum atomic E-state index is -0.0819. The first-order chi connectivity index (χ1) is 14.5. The summed E-state index contributed by atoms with van der Waals surface area (Å²) in [6.07, 6.45) is 1.69. The fraction of sp³-hybridized carbons (Fsp3) is 0.0833. The lowest BCUT2D eigenvalue weighted by atomic mass is 10.1. The normalized spacial score (nSPS) is 11.3. The van der Waals surface area contributed by atoms with E-state index in [9.17, 15) is 9.90 Å². The molecule has 0 saturated carbocycles. The number of hydrogen-bond donors (Lipinski definition) is 1. The van der Waals surface area contributed by atoms with Crippen LogP contribution >= 0.6 is 11.8 Å². The third-order valence-electron chi connectivity index (χ3n) is 4.64. The summed E-state index contributed by atoms with van der Waals surface area (Å²) in [6.45, 7) is 3.64. The number of phenolic OH excluding ortho intramolecular Hbond substituents is 1. The van der Waals surface area contributed by atoms with E-state index in [0.717, 1.165) is 21.4 Å². The van der Waals surface area contributed by atoms with E-state index in [2.05, 4.69) is 15.2 Å². The largest absolute Gasteiger partial charge is 0.507 e. The number of phenols is 1. The van der Waals surface area contributed by atoms with Crippen LogP contribution in [-0.2, 0) is 0 Å². The number of rotatable bonds is 4. The molecule has 0 amide bonds. The smallest absolute Gasteiger partial charge is 0.224 e. The minimum Gasteiger partial charge on any atom is -0.507 e. The fourth-order valence-electron chi connectivity index (χ4n) is 3.12.